The van der Waals surface area contributed by atoms with Crippen LogP contribution in [0.25, 0.3) is 5.69 Å². The van der Waals surface area contributed by atoms with Gasteiger partial charge in [-0.05, 0) is 38.1 Å². The second kappa shape index (κ2) is 7.27. The molecule has 0 unspecified atom stereocenters. The van der Waals surface area contributed by atoms with E-state index in [1.807, 2.05) is 19.9 Å². The van der Waals surface area contributed by atoms with Crippen molar-refractivity contribution in [1.82, 2.24) is 14.8 Å². The van der Waals surface area contributed by atoms with E-state index in [-0.39, 0.29) is 6.42 Å². The monoisotopic (exact) mass is 389 g/mol. The smallest absolute Gasteiger partial charge is 0.259 e. The summed E-state index contributed by atoms with van der Waals surface area (Å²) in [7, 11) is 0. The molecule has 2 amide bonds. The molecule has 0 spiro atoms. The standard InChI is InChI=1S/C17H16ClN5O2S/c1-9-5-10(2)23(22-9)12-3-4-14(18)13(7-12)16(25)21-17-20-11(8-26-17)6-15(19)24/h3-5,7-8H,6H2,1-2H3,(H2,19,24)(H,20,21,25). The van der Waals surface area contributed by atoms with Gasteiger partial charge in [-0.15, -0.1) is 11.3 Å². The molecule has 3 aromatic rings. The van der Waals surface area contributed by atoms with Crippen molar-refractivity contribution in [2.75, 3.05) is 5.32 Å². The van der Waals surface area contributed by atoms with Gasteiger partial charge in [0.1, 0.15) is 0 Å². The Balaban J connectivity index is 1.85. The molecule has 0 saturated carbocycles. The zero-order valence-electron chi connectivity index (χ0n) is 14.1. The minimum atomic E-state index is -0.478. The number of nitrogens with zero attached hydrogens (tertiary/aromatic N) is 3. The van der Waals surface area contributed by atoms with Crippen LogP contribution in [-0.4, -0.2) is 26.6 Å². The lowest BCUT2D eigenvalue weighted by Gasteiger charge is -2.09. The van der Waals surface area contributed by atoms with Crippen LogP contribution in [-0.2, 0) is 11.2 Å². The summed E-state index contributed by atoms with van der Waals surface area (Å²) in [5.74, 6) is -0.868. The van der Waals surface area contributed by atoms with E-state index in [2.05, 4.69) is 15.4 Å². The normalized spacial score (nSPS) is 10.7. The molecule has 0 aliphatic rings. The van der Waals surface area contributed by atoms with E-state index in [9.17, 15) is 9.59 Å². The highest BCUT2D eigenvalue weighted by atomic mass is 35.5. The number of aryl methyl sites for hydroxylation is 2. The Kier molecular flexibility index (Phi) is 5.06. The predicted molar refractivity (Wildman–Crippen MR) is 101 cm³/mol. The molecule has 0 aliphatic carbocycles. The van der Waals surface area contributed by atoms with Crippen molar-refractivity contribution in [2.45, 2.75) is 20.3 Å². The van der Waals surface area contributed by atoms with E-state index < -0.39 is 11.8 Å². The summed E-state index contributed by atoms with van der Waals surface area (Å²) in [4.78, 5) is 27.7. The van der Waals surface area contributed by atoms with Crippen molar-refractivity contribution in [3.63, 3.8) is 0 Å². The quantitative estimate of drug-likeness (QED) is 0.700. The highest BCUT2D eigenvalue weighted by Gasteiger charge is 2.15. The number of amides is 2. The number of thiazole rings is 1. The predicted octanol–water partition coefficient (Wildman–Crippen LogP) is 2.88. The molecule has 0 radical (unpaired) electrons. The number of rotatable bonds is 5. The molecule has 2 heterocycles. The molecule has 0 fully saturated rings. The lowest BCUT2D eigenvalue weighted by molar-refractivity contribution is -0.117. The van der Waals surface area contributed by atoms with Crippen LogP contribution >= 0.6 is 22.9 Å². The van der Waals surface area contributed by atoms with Crippen molar-refractivity contribution < 1.29 is 9.59 Å². The number of hydrogen-bond acceptors (Lipinski definition) is 5. The van der Waals surface area contributed by atoms with Crippen molar-refractivity contribution >= 4 is 39.9 Å². The molecular formula is C17H16ClN5O2S. The van der Waals surface area contributed by atoms with E-state index in [0.717, 1.165) is 17.1 Å². The Labute approximate surface area is 158 Å². The fourth-order valence-electron chi connectivity index (χ4n) is 2.50. The maximum Gasteiger partial charge on any atom is 0.259 e. The molecule has 26 heavy (non-hydrogen) atoms. The number of primary amides is 1. The van der Waals surface area contributed by atoms with Gasteiger partial charge >= 0.3 is 0 Å². The van der Waals surface area contributed by atoms with Crippen LogP contribution in [0.1, 0.15) is 27.4 Å². The average molecular weight is 390 g/mol. The van der Waals surface area contributed by atoms with Gasteiger partial charge < -0.3 is 5.73 Å². The molecule has 0 bridgehead atoms. The van der Waals surface area contributed by atoms with Crippen LogP contribution in [0.2, 0.25) is 5.02 Å². The summed E-state index contributed by atoms with van der Waals surface area (Å²) in [5, 5.41) is 9.48. The molecule has 1 aromatic carbocycles. The zero-order valence-corrected chi connectivity index (χ0v) is 15.7. The Bertz CT molecular complexity index is 995. The lowest BCUT2D eigenvalue weighted by atomic mass is 10.2. The highest BCUT2D eigenvalue weighted by Crippen LogP contribution is 2.23. The summed E-state index contributed by atoms with van der Waals surface area (Å²) in [6, 6.07) is 7.08. The van der Waals surface area contributed by atoms with Crippen molar-refractivity contribution in [2.24, 2.45) is 5.73 Å². The van der Waals surface area contributed by atoms with Crippen LogP contribution < -0.4 is 11.1 Å². The third-order valence-corrected chi connectivity index (χ3v) is 4.71. The Hall–Kier alpha value is -2.71. The molecular weight excluding hydrogens is 374 g/mol. The van der Waals surface area contributed by atoms with E-state index in [1.54, 1.807) is 28.3 Å². The van der Waals surface area contributed by atoms with Crippen molar-refractivity contribution in [1.29, 1.82) is 0 Å². The second-order valence-corrected chi connectivity index (χ2v) is 7.01. The fraction of sp³-hybridized carbons (Fsp3) is 0.176. The first-order valence-corrected chi connectivity index (χ1v) is 8.96. The number of carbonyl (C=O) groups excluding carboxylic acids is 2. The van der Waals surface area contributed by atoms with Gasteiger partial charge in [-0.2, -0.15) is 5.10 Å². The van der Waals surface area contributed by atoms with Crippen LogP contribution in [0, 0.1) is 13.8 Å². The fourth-order valence-corrected chi connectivity index (χ4v) is 3.41. The Morgan fingerprint density at radius 1 is 1.31 bits per heavy atom. The molecule has 0 saturated heterocycles. The third-order valence-electron chi connectivity index (χ3n) is 3.58. The average Bonchev–Trinajstić information content (AvgIpc) is 3.13. The number of nitrogens with one attached hydrogen (secondary N) is 1. The summed E-state index contributed by atoms with van der Waals surface area (Å²) < 4.78 is 1.75. The van der Waals surface area contributed by atoms with Gasteiger partial charge in [-0.3, -0.25) is 14.9 Å². The topological polar surface area (TPSA) is 103 Å². The number of nitrogens with two attached hydrogens (primary N) is 1. The highest BCUT2D eigenvalue weighted by molar-refractivity contribution is 7.14. The molecule has 2 aromatic heterocycles. The number of aromatic nitrogens is 3. The van der Waals surface area contributed by atoms with Crippen LogP contribution in [0.4, 0.5) is 5.13 Å². The largest absolute Gasteiger partial charge is 0.369 e. The van der Waals surface area contributed by atoms with E-state index in [0.29, 0.717) is 21.4 Å². The number of carbonyl (C=O) groups is 2. The van der Waals surface area contributed by atoms with E-state index in [1.165, 1.54) is 11.3 Å². The molecule has 0 aliphatic heterocycles. The molecule has 7 nitrogen and oxygen atoms in total. The first kappa shape index (κ1) is 18.1. The van der Waals surface area contributed by atoms with E-state index in [4.69, 9.17) is 17.3 Å². The summed E-state index contributed by atoms with van der Waals surface area (Å²) in [6.45, 7) is 3.84. The SMILES string of the molecule is Cc1cc(C)n(-c2ccc(Cl)c(C(=O)Nc3nc(CC(N)=O)cs3)c2)n1. The summed E-state index contributed by atoms with van der Waals surface area (Å²) >= 11 is 7.41. The third kappa shape index (κ3) is 3.92. The summed E-state index contributed by atoms with van der Waals surface area (Å²) in [6.07, 6.45) is 0.0283. The van der Waals surface area contributed by atoms with Gasteiger partial charge in [0.05, 0.1) is 34.1 Å². The van der Waals surface area contributed by atoms with Gasteiger partial charge in [-0.25, -0.2) is 9.67 Å². The second-order valence-electron chi connectivity index (χ2n) is 5.74. The lowest BCUT2D eigenvalue weighted by Crippen LogP contribution is -2.15. The minimum absolute atomic E-state index is 0.0283. The Morgan fingerprint density at radius 2 is 2.08 bits per heavy atom. The number of anilines is 1. The molecule has 3 N–H and O–H groups in total. The maximum absolute atomic E-state index is 12.6. The van der Waals surface area contributed by atoms with Crippen LogP contribution in [0.3, 0.4) is 0 Å². The van der Waals surface area contributed by atoms with Crippen molar-refractivity contribution in [3.8, 4) is 5.69 Å². The Morgan fingerprint density at radius 3 is 2.73 bits per heavy atom. The minimum Gasteiger partial charge on any atom is -0.369 e. The van der Waals surface area contributed by atoms with Crippen molar-refractivity contribution in [3.05, 3.63) is 57.3 Å². The number of hydrogen-bond donors (Lipinski definition) is 2. The molecule has 9 heteroatoms. The van der Waals surface area contributed by atoms with Gasteiger partial charge in [-0.1, -0.05) is 11.6 Å². The first-order valence-electron chi connectivity index (χ1n) is 7.70. The van der Waals surface area contributed by atoms with Gasteiger partial charge in [0.2, 0.25) is 5.91 Å². The molecule has 0 atom stereocenters. The molecule has 134 valence electrons. The maximum atomic E-state index is 12.6. The molecule has 3 rings (SSSR count). The first-order chi connectivity index (χ1) is 12.3. The van der Waals surface area contributed by atoms with Gasteiger partial charge in [0, 0.05) is 11.1 Å². The van der Waals surface area contributed by atoms with Gasteiger partial charge in [0.15, 0.2) is 5.13 Å². The number of benzene rings is 1. The number of halogens is 1. The summed E-state index contributed by atoms with van der Waals surface area (Å²) in [5.41, 5.74) is 8.54. The van der Waals surface area contributed by atoms with Crippen LogP contribution in [0.5, 0.6) is 0 Å². The van der Waals surface area contributed by atoms with Crippen LogP contribution in [0.15, 0.2) is 29.6 Å². The van der Waals surface area contributed by atoms with E-state index >= 15 is 0 Å². The van der Waals surface area contributed by atoms with Gasteiger partial charge in [0.25, 0.3) is 5.91 Å². The zero-order chi connectivity index (χ0) is 18.8.